The molecule has 1 aliphatic rings. The van der Waals surface area contributed by atoms with Gasteiger partial charge < -0.3 is 4.90 Å². The van der Waals surface area contributed by atoms with Crippen LogP contribution in [0.5, 0.6) is 0 Å². The van der Waals surface area contributed by atoms with E-state index in [2.05, 4.69) is 18.0 Å². The molecule has 0 spiro atoms. The lowest BCUT2D eigenvalue weighted by molar-refractivity contribution is 0.230. The smallest absolute Gasteiger partial charge is 0.0666 e. The van der Waals surface area contributed by atoms with Crippen LogP contribution in [0.2, 0.25) is 0 Å². The normalized spacial score (nSPS) is 21.2. The first-order valence-corrected chi connectivity index (χ1v) is 4.84. The van der Waals surface area contributed by atoms with Crippen LogP contribution in [0.1, 0.15) is 32.6 Å². The van der Waals surface area contributed by atoms with Gasteiger partial charge in [0.15, 0.2) is 0 Å². The number of rotatable bonds is 3. The second kappa shape index (κ2) is 4.47. The molecule has 0 aliphatic heterocycles. The summed E-state index contributed by atoms with van der Waals surface area (Å²) >= 11 is 0. The van der Waals surface area contributed by atoms with Crippen LogP contribution < -0.4 is 0 Å². The van der Waals surface area contributed by atoms with Crippen molar-refractivity contribution in [1.29, 1.82) is 5.26 Å². The Labute approximate surface area is 75.2 Å². The highest BCUT2D eigenvalue weighted by atomic mass is 15.1. The van der Waals surface area contributed by atoms with Gasteiger partial charge in [0.1, 0.15) is 0 Å². The van der Waals surface area contributed by atoms with E-state index in [0.29, 0.717) is 0 Å². The van der Waals surface area contributed by atoms with Crippen LogP contribution in [0, 0.1) is 17.2 Å². The largest absolute Gasteiger partial charge is 0.302 e. The third-order valence-electron chi connectivity index (χ3n) is 2.73. The van der Waals surface area contributed by atoms with Gasteiger partial charge in [0.2, 0.25) is 0 Å². The third kappa shape index (κ3) is 2.49. The van der Waals surface area contributed by atoms with Crippen LogP contribution >= 0.6 is 0 Å². The molecule has 1 atom stereocenters. The van der Waals surface area contributed by atoms with Crippen molar-refractivity contribution >= 4 is 0 Å². The molecule has 0 saturated heterocycles. The molecule has 2 heteroatoms. The average molecular weight is 166 g/mol. The maximum atomic E-state index is 8.65. The molecule has 1 saturated carbocycles. The molecule has 68 valence electrons. The Morgan fingerprint density at radius 2 is 2.08 bits per heavy atom. The SMILES string of the molecule is CC(C#N)CN(C)C1CCCC1. The first kappa shape index (κ1) is 9.54. The average Bonchev–Trinajstić information content (AvgIpc) is 2.56. The van der Waals surface area contributed by atoms with E-state index >= 15 is 0 Å². The Hall–Kier alpha value is -0.550. The number of nitriles is 1. The molecule has 0 aromatic rings. The first-order valence-electron chi connectivity index (χ1n) is 4.84. The fraction of sp³-hybridized carbons (Fsp3) is 0.900. The minimum absolute atomic E-state index is 0.176. The summed E-state index contributed by atoms with van der Waals surface area (Å²) in [5.74, 6) is 0.176. The Bertz CT molecular complexity index is 165. The standard InChI is InChI=1S/C10H18N2/c1-9(7-11)8-12(2)10-5-3-4-6-10/h9-10H,3-6,8H2,1-2H3. The molecule has 0 amide bonds. The Morgan fingerprint density at radius 3 is 2.58 bits per heavy atom. The van der Waals surface area contributed by atoms with E-state index in [0.717, 1.165) is 12.6 Å². The highest BCUT2D eigenvalue weighted by molar-refractivity contribution is 4.84. The summed E-state index contributed by atoms with van der Waals surface area (Å²) in [4.78, 5) is 2.35. The Kier molecular flexibility index (Phi) is 3.55. The third-order valence-corrected chi connectivity index (χ3v) is 2.73. The van der Waals surface area contributed by atoms with Crippen LogP contribution in [0.15, 0.2) is 0 Å². The Morgan fingerprint density at radius 1 is 1.50 bits per heavy atom. The number of hydrogen-bond acceptors (Lipinski definition) is 2. The second-order valence-corrected chi connectivity index (χ2v) is 3.91. The molecule has 2 nitrogen and oxygen atoms in total. The molecule has 1 fully saturated rings. The molecular weight excluding hydrogens is 148 g/mol. The topological polar surface area (TPSA) is 27.0 Å². The molecule has 0 heterocycles. The molecule has 1 rings (SSSR count). The molecule has 0 aromatic heterocycles. The van der Waals surface area contributed by atoms with Crippen molar-refractivity contribution in [2.24, 2.45) is 5.92 Å². The predicted molar refractivity (Wildman–Crippen MR) is 49.7 cm³/mol. The summed E-state index contributed by atoms with van der Waals surface area (Å²) in [6, 6.07) is 3.03. The summed E-state index contributed by atoms with van der Waals surface area (Å²) in [6.45, 7) is 2.92. The lowest BCUT2D eigenvalue weighted by Crippen LogP contribution is -2.32. The summed E-state index contributed by atoms with van der Waals surface area (Å²) < 4.78 is 0. The summed E-state index contributed by atoms with van der Waals surface area (Å²) in [5.41, 5.74) is 0. The minimum Gasteiger partial charge on any atom is -0.302 e. The van der Waals surface area contributed by atoms with E-state index in [-0.39, 0.29) is 5.92 Å². The van der Waals surface area contributed by atoms with Gasteiger partial charge in [-0.05, 0) is 26.8 Å². The van der Waals surface area contributed by atoms with Crippen molar-refractivity contribution in [3.05, 3.63) is 0 Å². The van der Waals surface area contributed by atoms with Gasteiger partial charge in [-0.1, -0.05) is 12.8 Å². The lowest BCUT2D eigenvalue weighted by atomic mass is 10.1. The molecule has 0 radical (unpaired) electrons. The molecular formula is C10H18N2. The van der Waals surface area contributed by atoms with Crippen molar-refractivity contribution in [2.45, 2.75) is 38.6 Å². The molecule has 1 unspecified atom stereocenters. The van der Waals surface area contributed by atoms with Crippen molar-refractivity contribution < 1.29 is 0 Å². The zero-order valence-electron chi connectivity index (χ0n) is 8.08. The van der Waals surface area contributed by atoms with Gasteiger partial charge >= 0.3 is 0 Å². The van der Waals surface area contributed by atoms with E-state index in [4.69, 9.17) is 5.26 Å². The maximum Gasteiger partial charge on any atom is 0.0666 e. The maximum absolute atomic E-state index is 8.65. The molecule has 0 aromatic carbocycles. The van der Waals surface area contributed by atoms with Crippen LogP contribution in [0.3, 0.4) is 0 Å². The highest BCUT2D eigenvalue weighted by Crippen LogP contribution is 2.22. The van der Waals surface area contributed by atoms with E-state index in [1.165, 1.54) is 25.7 Å². The van der Waals surface area contributed by atoms with Crippen molar-refractivity contribution in [3.8, 4) is 6.07 Å². The van der Waals surface area contributed by atoms with Gasteiger partial charge in [-0.15, -0.1) is 0 Å². The molecule has 0 bridgehead atoms. The summed E-state index contributed by atoms with van der Waals surface area (Å²) in [7, 11) is 2.14. The van der Waals surface area contributed by atoms with Crippen LogP contribution in [-0.2, 0) is 0 Å². The number of nitrogens with zero attached hydrogens (tertiary/aromatic N) is 2. The minimum atomic E-state index is 0.176. The molecule has 12 heavy (non-hydrogen) atoms. The fourth-order valence-electron chi connectivity index (χ4n) is 1.97. The quantitative estimate of drug-likeness (QED) is 0.641. The van der Waals surface area contributed by atoms with Gasteiger partial charge in [0.05, 0.1) is 12.0 Å². The number of hydrogen-bond donors (Lipinski definition) is 0. The van der Waals surface area contributed by atoms with Crippen LogP contribution in [0.25, 0.3) is 0 Å². The van der Waals surface area contributed by atoms with E-state index in [1.54, 1.807) is 0 Å². The molecule has 1 aliphatic carbocycles. The zero-order chi connectivity index (χ0) is 8.97. The molecule has 0 N–H and O–H groups in total. The lowest BCUT2D eigenvalue weighted by Gasteiger charge is -2.24. The fourth-order valence-corrected chi connectivity index (χ4v) is 1.97. The van der Waals surface area contributed by atoms with E-state index in [1.807, 2.05) is 6.92 Å². The van der Waals surface area contributed by atoms with Gasteiger partial charge in [0.25, 0.3) is 0 Å². The summed E-state index contributed by atoms with van der Waals surface area (Å²) in [5, 5.41) is 8.65. The van der Waals surface area contributed by atoms with Gasteiger partial charge in [-0.25, -0.2) is 0 Å². The highest BCUT2D eigenvalue weighted by Gasteiger charge is 2.20. The van der Waals surface area contributed by atoms with E-state index in [9.17, 15) is 0 Å². The van der Waals surface area contributed by atoms with Crippen LogP contribution in [-0.4, -0.2) is 24.5 Å². The Balaban J connectivity index is 2.27. The van der Waals surface area contributed by atoms with Gasteiger partial charge in [-0.2, -0.15) is 5.26 Å². The van der Waals surface area contributed by atoms with Crippen molar-refractivity contribution in [1.82, 2.24) is 4.90 Å². The monoisotopic (exact) mass is 166 g/mol. The van der Waals surface area contributed by atoms with Gasteiger partial charge in [-0.3, -0.25) is 0 Å². The van der Waals surface area contributed by atoms with Gasteiger partial charge in [0, 0.05) is 12.6 Å². The van der Waals surface area contributed by atoms with Crippen molar-refractivity contribution in [3.63, 3.8) is 0 Å². The predicted octanol–water partition coefficient (Wildman–Crippen LogP) is 2.02. The second-order valence-electron chi connectivity index (χ2n) is 3.91. The van der Waals surface area contributed by atoms with Crippen molar-refractivity contribution in [2.75, 3.05) is 13.6 Å². The summed E-state index contributed by atoms with van der Waals surface area (Å²) in [6.07, 6.45) is 5.40. The van der Waals surface area contributed by atoms with E-state index < -0.39 is 0 Å². The first-order chi connectivity index (χ1) is 5.74. The zero-order valence-corrected chi connectivity index (χ0v) is 8.08. The van der Waals surface area contributed by atoms with Crippen LogP contribution in [0.4, 0.5) is 0 Å².